The summed E-state index contributed by atoms with van der Waals surface area (Å²) in [6.07, 6.45) is 0. The standard InChI is InChI=1S/C19H25N3O/c20-18-6-4-5-17(15-18)16-22(19-7-2-1-3-8-19)10-9-21-11-13-23-14-12-21/h1-8,15H,9-14,16,20H2. The van der Waals surface area contributed by atoms with Crippen LogP contribution in [0.5, 0.6) is 0 Å². The monoisotopic (exact) mass is 311 g/mol. The molecule has 2 aromatic carbocycles. The van der Waals surface area contributed by atoms with E-state index in [9.17, 15) is 0 Å². The molecule has 2 aromatic rings. The van der Waals surface area contributed by atoms with Crippen molar-refractivity contribution in [2.75, 3.05) is 50.0 Å². The molecular formula is C19H25N3O. The van der Waals surface area contributed by atoms with Gasteiger partial charge < -0.3 is 15.4 Å². The van der Waals surface area contributed by atoms with Crippen LogP contribution in [0, 0.1) is 0 Å². The third-order valence-corrected chi connectivity index (χ3v) is 4.24. The van der Waals surface area contributed by atoms with E-state index < -0.39 is 0 Å². The van der Waals surface area contributed by atoms with Crippen LogP contribution in [0.15, 0.2) is 54.6 Å². The lowest BCUT2D eigenvalue weighted by Crippen LogP contribution is -2.41. The van der Waals surface area contributed by atoms with Crippen molar-refractivity contribution < 1.29 is 4.74 Å². The first-order chi connectivity index (χ1) is 11.3. The molecule has 1 saturated heterocycles. The number of nitrogen functional groups attached to an aromatic ring is 1. The van der Waals surface area contributed by atoms with Crippen molar-refractivity contribution in [2.24, 2.45) is 0 Å². The fourth-order valence-electron chi connectivity index (χ4n) is 2.94. The molecule has 0 radical (unpaired) electrons. The van der Waals surface area contributed by atoms with Gasteiger partial charge in [-0.3, -0.25) is 4.90 Å². The predicted molar refractivity (Wildman–Crippen MR) is 95.6 cm³/mol. The van der Waals surface area contributed by atoms with Gasteiger partial charge in [-0.15, -0.1) is 0 Å². The number of hydrogen-bond acceptors (Lipinski definition) is 4. The van der Waals surface area contributed by atoms with Gasteiger partial charge in [-0.2, -0.15) is 0 Å². The Morgan fingerprint density at radius 3 is 2.52 bits per heavy atom. The number of morpholine rings is 1. The molecule has 2 N–H and O–H groups in total. The summed E-state index contributed by atoms with van der Waals surface area (Å²) in [7, 11) is 0. The minimum absolute atomic E-state index is 0.823. The molecular weight excluding hydrogens is 286 g/mol. The number of hydrogen-bond donors (Lipinski definition) is 1. The molecule has 0 bridgehead atoms. The van der Waals surface area contributed by atoms with E-state index in [2.05, 4.69) is 52.3 Å². The van der Waals surface area contributed by atoms with Crippen molar-refractivity contribution in [3.63, 3.8) is 0 Å². The predicted octanol–water partition coefficient (Wildman–Crippen LogP) is 2.61. The second-order valence-corrected chi connectivity index (χ2v) is 5.96. The van der Waals surface area contributed by atoms with Crippen molar-refractivity contribution in [1.82, 2.24) is 4.90 Å². The summed E-state index contributed by atoms with van der Waals surface area (Å²) < 4.78 is 5.43. The lowest BCUT2D eigenvalue weighted by Gasteiger charge is -2.31. The zero-order valence-electron chi connectivity index (χ0n) is 13.5. The molecule has 0 atom stereocenters. The van der Waals surface area contributed by atoms with Gasteiger partial charge in [0.2, 0.25) is 0 Å². The van der Waals surface area contributed by atoms with Crippen molar-refractivity contribution in [3.8, 4) is 0 Å². The Hall–Kier alpha value is -2.04. The first-order valence-electron chi connectivity index (χ1n) is 8.26. The van der Waals surface area contributed by atoms with Crippen LogP contribution in [0.3, 0.4) is 0 Å². The van der Waals surface area contributed by atoms with E-state index >= 15 is 0 Å². The van der Waals surface area contributed by atoms with E-state index in [1.54, 1.807) is 0 Å². The van der Waals surface area contributed by atoms with Gasteiger partial charge >= 0.3 is 0 Å². The Bertz CT molecular complexity index is 597. The van der Waals surface area contributed by atoms with E-state index in [1.165, 1.54) is 11.3 Å². The van der Waals surface area contributed by atoms with Crippen LogP contribution in [0.4, 0.5) is 11.4 Å². The lowest BCUT2D eigenvalue weighted by molar-refractivity contribution is 0.0391. The number of anilines is 2. The van der Waals surface area contributed by atoms with Gasteiger partial charge in [-0.25, -0.2) is 0 Å². The SMILES string of the molecule is Nc1cccc(CN(CCN2CCOCC2)c2ccccc2)c1. The minimum atomic E-state index is 0.823. The first-order valence-corrected chi connectivity index (χ1v) is 8.26. The number of nitrogens with zero attached hydrogens (tertiary/aromatic N) is 2. The Labute approximate surface area is 138 Å². The van der Waals surface area contributed by atoms with Crippen LogP contribution in [0.1, 0.15) is 5.56 Å². The quantitative estimate of drug-likeness (QED) is 0.833. The Morgan fingerprint density at radius 1 is 1.00 bits per heavy atom. The Balaban J connectivity index is 1.68. The van der Waals surface area contributed by atoms with Crippen molar-refractivity contribution in [3.05, 3.63) is 60.2 Å². The van der Waals surface area contributed by atoms with E-state index in [0.29, 0.717) is 0 Å². The molecule has 1 aliphatic rings. The van der Waals surface area contributed by atoms with Gasteiger partial charge in [-0.1, -0.05) is 30.3 Å². The van der Waals surface area contributed by atoms with Crippen LogP contribution in [0.25, 0.3) is 0 Å². The van der Waals surface area contributed by atoms with Crippen LogP contribution < -0.4 is 10.6 Å². The van der Waals surface area contributed by atoms with E-state index in [-0.39, 0.29) is 0 Å². The molecule has 0 aromatic heterocycles. The smallest absolute Gasteiger partial charge is 0.0594 e. The Morgan fingerprint density at radius 2 is 1.78 bits per heavy atom. The molecule has 0 amide bonds. The molecule has 0 spiro atoms. The average Bonchev–Trinajstić information content (AvgIpc) is 2.60. The largest absolute Gasteiger partial charge is 0.399 e. The summed E-state index contributed by atoms with van der Waals surface area (Å²) in [4.78, 5) is 4.89. The number of para-hydroxylation sites is 1. The molecule has 0 unspecified atom stereocenters. The van der Waals surface area contributed by atoms with Gasteiger partial charge in [0.05, 0.1) is 13.2 Å². The normalized spacial score (nSPS) is 15.5. The van der Waals surface area contributed by atoms with E-state index in [4.69, 9.17) is 10.5 Å². The molecule has 1 aliphatic heterocycles. The fourth-order valence-corrected chi connectivity index (χ4v) is 2.94. The number of rotatable bonds is 6. The summed E-state index contributed by atoms with van der Waals surface area (Å²) in [6.45, 7) is 6.68. The van der Waals surface area contributed by atoms with Crippen LogP contribution in [-0.4, -0.2) is 44.3 Å². The highest BCUT2D eigenvalue weighted by atomic mass is 16.5. The van der Waals surface area contributed by atoms with Gasteiger partial charge in [-0.05, 0) is 29.8 Å². The molecule has 1 heterocycles. The lowest BCUT2D eigenvalue weighted by atomic mass is 10.1. The third kappa shape index (κ3) is 4.71. The third-order valence-electron chi connectivity index (χ3n) is 4.24. The summed E-state index contributed by atoms with van der Waals surface area (Å²) in [5.41, 5.74) is 9.25. The number of ether oxygens (including phenoxy) is 1. The van der Waals surface area contributed by atoms with Crippen LogP contribution in [-0.2, 0) is 11.3 Å². The zero-order valence-corrected chi connectivity index (χ0v) is 13.5. The summed E-state index contributed by atoms with van der Waals surface area (Å²) >= 11 is 0. The van der Waals surface area contributed by atoms with Gasteiger partial charge in [0.25, 0.3) is 0 Å². The highest BCUT2D eigenvalue weighted by molar-refractivity contribution is 5.48. The van der Waals surface area contributed by atoms with Gasteiger partial charge in [0.1, 0.15) is 0 Å². The number of benzene rings is 2. The summed E-state index contributed by atoms with van der Waals surface area (Å²) in [5.74, 6) is 0. The first kappa shape index (κ1) is 15.8. The Kier molecular flexibility index (Phi) is 5.51. The van der Waals surface area contributed by atoms with E-state index in [1.807, 2.05) is 12.1 Å². The number of nitrogens with two attached hydrogens (primary N) is 1. The maximum Gasteiger partial charge on any atom is 0.0594 e. The molecule has 1 fully saturated rings. The molecule has 4 heteroatoms. The highest BCUT2D eigenvalue weighted by Crippen LogP contribution is 2.18. The fraction of sp³-hybridized carbons (Fsp3) is 0.368. The molecule has 23 heavy (non-hydrogen) atoms. The van der Waals surface area contributed by atoms with Crippen molar-refractivity contribution in [1.29, 1.82) is 0 Å². The van der Waals surface area contributed by atoms with Gasteiger partial charge in [0, 0.05) is 44.1 Å². The second kappa shape index (κ2) is 7.99. The van der Waals surface area contributed by atoms with Crippen molar-refractivity contribution in [2.45, 2.75) is 6.54 Å². The molecule has 122 valence electrons. The zero-order chi connectivity index (χ0) is 15.9. The highest BCUT2D eigenvalue weighted by Gasteiger charge is 2.13. The minimum Gasteiger partial charge on any atom is -0.399 e. The molecule has 0 saturated carbocycles. The average molecular weight is 311 g/mol. The molecule has 3 rings (SSSR count). The topological polar surface area (TPSA) is 41.7 Å². The maximum atomic E-state index is 5.92. The summed E-state index contributed by atoms with van der Waals surface area (Å²) in [6, 6.07) is 18.7. The van der Waals surface area contributed by atoms with Gasteiger partial charge in [0.15, 0.2) is 0 Å². The van der Waals surface area contributed by atoms with E-state index in [0.717, 1.165) is 51.6 Å². The second-order valence-electron chi connectivity index (χ2n) is 5.96. The maximum absolute atomic E-state index is 5.92. The molecule has 4 nitrogen and oxygen atoms in total. The van der Waals surface area contributed by atoms with Crippen LogP contribution in [0.2, 0.25) is 0 Å². The molecule has 0 aliphatic carbocycles. The summed E-state index contributed by atoms with van der Waals surface area (Å²) in [5, 5.41) is 0. The van der Waals surface area contributed by atoms with Crippen molar-refractivity contribution >= 4 is 11.4 Å². The van der Waals surface area contributed by atoms with Crippen LogP contribution >= 0.6 is 0 Å².